The number of nitrogens with zero attached hydrogens (tertiary/aromatic N) is 2. The van der Waals surface area contributed by atoms with Crippen LogP contribution in [-0.4, -0.2) is 16.7 Å². The van der Waals surface area contributed by atoms with Crippen LogP contribution in [0.4, 0.5) is 13.2 Å². The van der Waals surface area contributed by atoms with Gasteiger partial charge >= 0.3 is 6.18 Å². The molecule has 0 aliphatic carbocycles. The quantitative estimate of drug-likeness (QED) is 0.451. The Morgan fingerprint density at radius 1 is 1.17 bits per heavy atom. The molecule has 1 amide bonds. The van der Waals surface area contributed by atoms with Crippen LogP contribution in [0.2, 0.25) is 5.02 Å². The summed E-state index contributed by atoms with van der Waals surface area (Å²) in [5.41, 5.74) is 4.29. The molecule has 29 heavy (non-hydrogen) atoms. The molecule has 0 fully saturated rings. The maximum absolute atomic E-state index is 12.8. The van der Waals surface area contributed by atoms with Gasteiger partial charge in [0, 0.05) is 16.9 Å². The summed E-state index contributed by atoms with van der Waals surface area (Å²) in [5, 5.41) is 4.54. The Bertz CT molecular complexity index is 1060. The fraction of sp³-hybridized carbons (Fsp3) is 0.143. The first-order valence-electron chi connectivity index (χ1n) is 8.66. The van der Waals surface area contributed by atoms with Crippen LogP contribution in [0.5, 0.6) is 0 Å². The lowest BCUT2D eigenvalue weighted by atomic mass is 10.1. The van der Waals surface area contributed by atoms with Gasteiger partial charge in [-0.25, -0.2) is 5.43 Å². The number of aromatic nitrogens is 1. The number of benzene rings is 2. The third kappa shape index (κ3) is 5.26. The molecule has 0 spiro atoms. The number of hydrazone groups is 1. The number of alkyl halides is 3. The van der Waals surface area contributed by atoms with Crippen molar-refractivity contribution in [1.29, 1.82) is 0 Å². The van der Waals surface area contributed by atoms with Crippen molar-refractivity contribution in [2.45, 2.75) is 19.5 Å². The summed E-state index contributed by atoms with van der Waals surface area (Å²) in [6.45, 7) is 1.91. The fourth-order valence-corrected chi connectivity index (χ4v) is 2.89. The molecule has 8 heteroatoms. The molecule has 2 aromatic carbocycles. The number of hydrogen-bond donors (Lipinski definition) is 1. The minimum atomic E-state index is -4.45. The van der Waals surface area contributed by atoms with E-state index in [-0.39, 0.29) is 12.0 Å². The SMILES string of the molecule is Cc1ccc(-n2cccc2/C=N/NC(=O)Cc2cccc(C(F)(F)F)c2)cc1Cl. The van der Waals surface area contributed by atoms with E-state index in [9.17, 15) is 18.0 Å². The Balaban J connectivity index is 1.66. The zero-order valence-corrected chi connectivity index (χ0v) is 16.1. The molecule has 0 unspecified atom stereocenters. The standard InChI is InChI=1S/C21H17ClF3N3O/c1-14-7-8-17(12-19(14)22)28-9-3-6-18(28)13-26-27-20(29)11-15-4-2-5-16(10-15)21(23,24)25/h2-10,12-13H,11H2,1H3,(H,27,29)/b26-13+. The van der Waals surface area contributed by atoms with E-state index >= 15 is 0 Å². The lowest BCUT2D eigenvalue weighted by Crippen LogP contribution is -2.20. The fourth-order valence-electron chi connectivity index (χ4n) is 2.72. The van der Waals surface area contributed by atoms with Crippen molar-refractivity contribution in [3.05, 3.63) is 88.2 Å². The topological polar surface area (TPSA) is 46.4 Å². The van der Waals surface area contributed by atoms with Crippen LogP contribution in [0.25, 0.3) is 5.69 Å². The van der Waals surface area contributed by atoms with E-state index in [1.807, 2.05) is 42.0 Å². The highest BCUT2D eigenvalue weighted by atomic mass is 35.5. The van der Waals surface area contributed by atoms with E-state index in [4.69, 9.17) is 11.6 Å². The zero-order valence-electron chi connectivity index (χ0n) is 15.4. The number of carbonyl (C=O) groups excluding carboxylic acids is 1. The largest absolute Gasteiger partial charge is 0.416 e. The molecule has 0 radical (unpaired) electrons. The molecule has 0 bridgehead atoms. The van der Waals surface area contributed by atoms with Crippen molar-refractivity contribution >= 4 is 23.7 Å². The maximum Gasteiger partial charge on any atom is 0.416 e. The predicted molar refractivity (Wildman–Crippen MR) is 106 cm³/mol. The molecule has 1 N–H and O–H groups in total. The van der Waals surface area contributed by atoms with Crippen molar-refractivity contribution in [3.63, 3.8) is 0 Å². The molecule has 1 aromatic heterocycles. The Labute approximate surface area is 170 Å². The smallest absolute Gasteiger partial charge is 0.316 e. The lowest BCUT2D eigenvalue weighted by molar-refractivity contribution is -0.137. The van der Waals surface area contributed by atoms with Gasteiger partial charge in [0.05, 0.1) is 23.9 Å². The van der Waals surface area contributed by atoms with Gasteiger partial charge in [-0.1, -0.05) is 35.9 Å². The van der Waals surface area contributed by atoms with Gasteiger partial charge in [-0.3, -0.25) is 4.79 Å². The molecule has 150 valence electrons. The molecule has 0 aliphatic heterocycles. The summed E-state index contributed by atoms with van der Waals surface area (Å²) < 4.78 is 40.1. The van der Waals surface area contributed by atoms with Gasteiger partial charge in [0.1, 0.15) is 0 Å². The minimum Gasteiger partial charge on any atom is -0.316 e. The van der Waals surface area contributed by atoms with E-state index in [0.29, 0.717) is 10.7 Å². The van der Waals surface area contributed by atoms with E-state index in [2.05, 4.69) is 10.5 Å². The summed E-state index contributed by atoms with van der Waals surface area (Å²) in [5.74, 6) is -0.517. The second kappa shape index (κ2) is 8.53. The monoisotopic (exact) mass is 419 g/mol. The molecule has 3 rings (SSSR count). The molecule has 1 heterocycles. The van der Waals surface area contributed by atoms with Crippen molar-refractivity contribution in [2.24, 2.45) is 5.10 Å². The van der Waals surface area contributed by atoms with Crippen LogP contribution in [0.1, 0.15) is 22.4 Å². The van der Waals surface area contributed by atoms with Crippen molar-refractivity contribution in [2.75, 3.05) is 0 Å². The van der Waals surface area contributed by atoms with Crippen LogP contribution in [0, 0.1) is 6.92 Å². The average molecular weight is 420 g/mol. The van der Waals surface area contributed by atoms with Crippen LogP contribution in [0.3, 0.4) is 0 Å². The van der Waals surface area contributed by atoms with E-state index in [1.165, 1.54) is 18.3 Å². The van der Waals surface area contributed by atoms with Gasteiger partial charge in [-0.05, 0) is 48.4 Å². The molecule has 4 nitrogen and oxygen atoms in total. The summed E-state index contributed by atoms with van der Waals surface area (Å²) in [6, 6.07) is 13.9. The third-order valence-electron chi connectivity index (χ3n) is 4.22. The van der Waals surface area contributed by atoms with Crippen LogP contribution in [-0.2, 0) is 17.4 Å². The van der Waals surface area contributed by atoms with Gasteiger partial charge in [-0.2, -0.15) is 18.3 Å². The van der Waals surface area contributed by atoms with E-state index in [0.717, 1.165) is 23.4 Å². The normalized spacial score (nSPS) is 11.8. The molecule has 0 aliphatic rings. The molecule has 0 saturated carbocycles. The third-order valence-corrected chi connectivity index (χ3v) is 4.63. The maximum atomic E-state index is 12.8. The molecule has 0 saturated heterocycles. The minimum absolute atomic E-state index is 0.212. The summed E-state index contributed by atoms with van der Waals surface area (Å²) in [4.78, 5) is 12.0. The van der Waals surface area contributed by atoms with Crippen LogP contribution >= 0.6 is 11.6 Å². The van der Waals surface area contributed by atoms with Gasteiger partial charge in [0.2, 0.25) is 5.91 Å². The first-order chi connectivity index (χ1) is 13.7. The highest BCUT2D eigenvalue weighted by molar-refractivity contribution is 6.31. The van der Waals surface area contributed by atoms with E-state index in [1.54, 1.807) is 6.07 Å². The second-order valence-electron chi connectivity index (χ2n) is 6.40. The second-order valence-corrected chi connectivity index (χ2v) is 6.81. The van der Waals surface area contributed by atoms with E-state index < -0.39 is 17.6 Å². The predicted octanol–water partition coefficient (Wildman–Crippen LogP) is 5.15. The van der Waals surface area contributed by atoms with Crippen molar-refractivity contribution in [1.82, 2.24) is 9.99 Å². The van der Waals surface area contributed by atoms with Gasteiger partial charge < -0.3 is 4.57 Å². The first-order valence-corrected chi connectivity index (χ1v) is 9.04. The van der Waals surface area contributed by atoms with Gasteiger partial charge in [0.25, 0.3) is 0 Å². The van der Waals surface area contributed by atoms with Crippen LogP contribution in [0.15, 0.2) is 65.9 Å². The number of halogens is 4. The summed E-state index contributed by atoms with van der Waals surface area (Å²) in [6.07, 6.45) is -1.38. The van der Waals surface area contributed by atoms with Gasteiger partial charge in [0.15, 0.2) is 0 Å². The molecule has 0 atom stereocenters. The molecular formula is C21H17ClF3N3O. The Hall–Kier alpha value is -3.06. The van der Waals surface area contributed by atoms with Crippen molar-refractivity contribution < 1.29 is 18.0 Å². The number of hydrogen-bond acceptors (Lipinski definition) is 2. The average Bonchev–Trinajstić information content (AvgIpc) is 3.12. The Kier molecular flexibility index (Phi) is 6.08. The number of carbonyl (C=O) groups is 1. The van der Waals surface area contributed by atoms with Crippen LogP contribution < -0.4 is 5.43 Å². The zero-order chi connectivity index (χ0) is 21.0. The first kappa shape index (κ1) is 20.7. The number of nitrogens with one attached hydrogen (secondary N) is 1. The summed E-state index contributed by atoms with van der Waals surface area (Å²) >= 11 is 6.17. The van der Waals surface area contributed by atoms with Crippen molar-refractivity contribution in [3.8, 4) is 5.69 Å². The summed E-state index contributed by atoms with van der Waals surface area (Å²) in [7, 11) is 0. The lowest BCUT2D eigenvalue weighted by Gasteiger charge is -2.09. The highest BCUT2D eigenvalue weighted by Crippen LogP contribution is 2.29. The number of amides is 1. The molecule has 3 aromatic rings. The number of rotatable bonds is 5. The Morgan fingerprint density at radius 2 is 1.97 bits per heavy atom. The highest BCUT2D eigenvalue weighted by Gasteiger charge is 2.30. The Morgan fingerprint density at radius 3 is 2.69 bits per heavy atom. The number of aryl methyl sites for hydroxylation is 1. The van der Waals surface area contributed by atoms with Gasteiger partial charge in [-0.15, -0.1) is 0 Å². The molecular weight excluding hydrogens is 403 g/mol.